The molecule has 0 aliphatic heterocycles. The lowest BCUT2D eigenvalue weighted by atomic mass is 10.0. The first-order valence-corrected chi connectivity index (χ1v) is 6.11. The van der Waals surface area contributed by atoms with Crippen LogP contribution in [-0.2, 0) is 0 Å². The molecular formula is C15H9ClN2O2. The summed E-state index contributed by atoms with van der Waals surface area (Å²) in [7, 11) is 0. The van der Waals surface area contributed by atoms with Gasteiger partial charge in [0.15, 0.2) is 0 Å². The van der Waals surface area contributed by atoms with Crippen molar-refractivity contribution in [1.29, 1.82) is 5.26 Å². The third-order valence-electron chi connectivity index (χ3n) is 2.69. The highest BCUT2D eigenvalue weighted by Gasteiger charge is 2.11. The summed E-state index contributed by atoms with van der Waals surface area (Å²) in [5.74, 6) is 0. The zero-order valence-electron chi connectivity index (χ0n) is 10.3. The van der Waals surface area contributed by atoms with E-state index in [0.717, 1.165) is 0 Å². The van der Waals surface area contributed by atoms with Crippen molar-refractivity contribution >= 4 is 28.9 Å². The summed E-state index contributed by atoms with van der Waals surface area (Å²) in [6, 6.07) is 15.1. The van der Waals surface area contributed by atoms with Crippen molar-refractivity contribution in [2.45, 2.75) is 0 Å². The topological polar surface area (TPSA) is 66.9 Å². The van der Waals surface area contributed by atoms with Crippen LogP contribution >= 0.6 is 11.6 Å². The highest BCUT2D eigenvalue weighted by atomic mass is 35.5. The number of halogens is 1. The quantitative estimate of drug-likeness (QED) is 0.365. The lowest BCUT2D eigenvalue weighted by Crippen LogP contribution is -1.91. The van der Waals surface area contributed by atoms with E-state index in [1.165, 1.54) is 12.1 Å². The number of hydrogen-bond donors (Lipinski definition) is 0. The number of para-hydroxylation sites is 1. The molecule has 0 saturated heterocycles. The number of nitro benzene ring substituents is 1. The highest BCUT2D eigenvalue weighted by Crippen LogP contribution is 2.25. The van der Waals surface area contributed by atoms with E-state index in [1.54, 1.807) is 42.5 Å². The van der Waals surface area contributed by atoms with Gasteiger partial charge in [-0.15, -0.1) is 0 Å². The van der Waals surface area contributed by atoms with E-state index < -0.39 is 4.92 Å². The highest BCUT2D eigenvalue weighted by molar-refractivity contribution is 6.30. The average Bonchev–Trinajstić information content (AvgIpc) is 2.45. The normalized spacial score (nSPS) is 10.9. The summed E-state index contributed by atoms with van der Waals surface area (Å²) < 4.78 is 0. The van der Waals surface area contributed by atoms with Gasteiger partial charge in [-0.2, -0.15) is 5.26 Å². The van der Waals surface area contributed by atoms with Gasteiger partial charge in [0.25, 0.3) is 5.69 Å². The summed E-state index contributed by atoms with van der Waals surface area (Å²) in [5.41, 5.74) is 1.29. The van der Waals surface area contributed by atoms with Crippen LogP contribution in [-0.4, -0.2) is 4.92 Å². The summed E-state index contributed by atoms with van der Waals surface area (Å²) in [5, 5.41) is 20.7. The van der Waals surface area contributed by atoms with Crippen molar-refractivity contribution in [3.8, 4) is 6.07 Å². The van der Waals surface area contributed by atoms with Gasteiger partial charge in [0.1, 0.15) is 0 Å². The van der Waals surface area contributed by atoms with Crippen LogP contribution in [0.25, 0.3) is 11.6 Å². The third-order valence-corrected chi connectivity index (χ3v) is 2.92. The van der Waals surface area contributed by atoms with Crippen molar-refractivity contribution in [1.82, 2.24) is 0 Å². The second-order valence-corrected chi connectivity index (χ2v) is 4.43. The van der Waals surface area contributed by atoms with E-state index in [-0.39, 0.29) is 5.69 Å². The van der Waals surface area contributed by atoms with Crippen LogP contribution in [0.3, 0.4) is 0 Å². The van der Waals surface area contributed by atoms with Crippen LogP contribution in [0.5, 0.6) is 0 Å². The predicted molar refractivity (Wildman–Crippen MR) is 78.0 cm³/mol. The van der Waals surface area contributed by atoms with Crippen LogP contribution in [0.15, 0.2) is 48.5 Å². The molecule has 4 nitrogen and oxygen atoms in total. The minimum absolute atomic E-state index is 0.0396. The second-order valence-electron chi connectivity index (χ2n) is 4.00. The van der Waals surface area contributed by atoms with Crippen LogP contribution in [0.2, 0.25) is 5.02 Å². The Labute approximate surface area is 120 Å². The lowest BCUT2D eigenvalue weighted by Gasteiger charge is -2.01. The molecule has 98 valence electrons. The SMILES string of the molecule is N#C/C(=C/c1ccccc1[N+](=O)[O-])c1cccc(Cl)c1. The Morgan fingerprint density at radius 3 is 2.65 bits per heavy atom. The van der Waals surface area contributed by atoms with Gasteiger partial charge in [0.2, 0.25) is 0 Å². The zero-order chi connectivity index (χ0) is 14.5. The summed E-state index contributed by atoms with van der Waals surface area (Å²) in [6.07, 6.45) is 1.49. The smallest absolute Gasteiger partial charge is 0.258 e. The first-order valence-electron chi connectivity index (χ1n) is 5.73. The van der Waals surface area contributed by atoms with Crippen molar-refractivity contribution < 1.29 is 4.92 Å². The van der Waals surface area contributed by atoms with Gasteiger partial charge in [-0.25, -0.2) is 0 Å². The Morgan fingerprint density at radius 2 is 2.00 bits per heavy atom. The second kappa shape index (κ2) is 6.00. The minimum atomic E-state index is -0.473. The predicted octanol–water partition coefficient (Wildman–Crippen LogP) is 4.31. The number of rotatable bonds is 3. The molecule has 0 bridgehead atoms. The monoisotopic (exact) mass is 284 g/mol. The Morgan fingerprint density at radius 1 is 1.25 bits per heavy atom. The molecule has 0 amide bonds. The minimum Gasteiger partial charge on any atom is -0.258 e. The fourth-order valence-electron chi connectivity index (χ4n) is 1.77. The van der Waals surface area contributed by atoms with Crippen LogP contribution < -0.4 is 0 Å². The number of hydrogen-bond acceptors (Lipinski definition) is 3. The van der Waals surface area contributed by atoms with Gasteiger partial charge >= 0.3 is 0 Å². The van der Waals surface area contributed by atoms with Gasteiger partial charge in [0, 0.05) is 11.1 Å². The Balaban J connectivity index is 2.53. The molecule has 0 saturated carbocycles. The van der Waals surface area contributed by atoms with E-state index in [1.807, 2.05) is 6.07 Å². The van der Waals surface area contributed by atoms with E-state index in [0.29, 0.717) is 21.7 Å². The molecule has 2 rings (SSSR count). The number of nitriles is 1. The summed E-state index contributed by atoms with van der Waals surface area (Å²) in [4.78, 5) is 10.5. The first-order chi connectivity index (χ1) is 9.61. The van der Waals surface area contributed by atoms with E-state index in [4.69, 9.17) is 11.6 Å². The largest absolute Gasteiger partial charge is 0.276 e. The maximum absolute atomic E-state index is 11.0. The maximum atomic E-state index is 11.0. The number of nitrogens with zero attached hydrogens (tertiary/aromatic N) is 2. The van der Waals surface area contributed by atoms with Crippen molar-refractivity contribution in [2.75, 3.05) is 0 Å². The summed E-state index contributed by atoms with van der Waals surface area (Å²) >= 11 is 5.89. The molecule has 20 heavy (non-hydrogen) atoms. The molecule has 2 aromatic carbocycles. The standard InChI is InChI=1S/C15H9ClN2O2/c16-14-6-3-5-11(9-14)13(10-17)8-12-4-1-2-7-15(12)18(19)20/h1-9H/b13-8-. The molecular weight excluding hydrogens is 276 g/mol. The van der Waals surface area contributed by atoms with Gasteiger partial charge in [-0.05, 0) is 29.8 Å². The van der Waals surface area contributed by atoms with E-state index in [9.17, 15) is 15.4 Å². The maximum Gasteiger partial charge on any atom is 0.276 e. The lowest BCUT2D eigenvalue weighted by molar-refractivity contribution is -0.385. The van der Waals surface area contributed by atoms with E-state index in [2.05, 4.69) is 0 Å². The molecule has 0 radical (unpaired) electrons. The van der Waals surface area contributed by atoms with Crippen LogP contribution in [0, 0.1) is 21.4 Å². The molecule has 0 heterocycles. The van der Waals surface area contributed by atoms with Crippen LogP contribution in [0.1, 0.15) is 11.1 Å². The average molecular weight is 285 g/mol. The molecule has 0 spiro atoms. The van der Waals surface area contributed by atoms with Crippen molar-refractivity contribution in [2.24, 2.45) is 0 Å². The molecule has 0 aliphatic carbocycles. The molecule has 0 aromatic heterocycles. The number of allylic oxidation sites excluding steroid dienone is 1. The molecule has 2 aromatic rings. The summed E-state index contributed by atoms with van der Waals surface area (Å²) in [6.45, 7) is 0. The molecule has 0 atom stereocenters. The first kappa shape index (κ1) is 13.8. The third kappa shape index (κ3) is 3.02. The van der Waals surface area contributed by atoms with Crippen molar-refractivity contribution in [3.63, 3.8) is 0 Å². The van der Waals surface area contributed by atoms with Crippen molar-refractivity contribution in [3.05, 3.63) is 74.8 Å². The Bertz CT molecular complexity index is 733. The molecule has 0 N–H and O–H groups in total. The fraction of sp³-hybridized carbons (Fsp3) is 0. The van der Waals surface area contributed by atoms with Gasteiger partial charge in [-0.1, -0.05) is 35.9 Å². The fourth-order valence-corrected chi connectivity index (χ4v) is 1.96. The number of nitro groups is 1. The molecule has 0 aliphatic rings. The van der Waals surface area contributed by atoms with Crippen LogP contribution in [0.4, 0.5) is 5.69 Å². The Kier molecular flexibility index (Phi) is 4.14. The van der Waals surface area contributed by atoms with Gasteiger partial charge in [-0.3, -0.25) is 10.1 Å². The molecule has 5 heteroatoms. The zero-order valence-corrected chi connectivity index (χ0v) is 11.0. The Hall–Kier alpha value is -2.64. The number of benzene rings is 2. The van der Waals surface area contributed by atoms with Gasteiger partial charge in [0.05, 0.1) is 22.1 Å². The molecule has 0 fully saturated rings. The van der Waals surface area contributed by atoms with E-state index >= 15 is 0 Å². The van der Waals surface area contributed by atoms with Gasteiger partial charge < -0.3 is 0 Å². The molecule has 0 unspecified atom stereocenters.